The molecule has 0 radical (unpaired) electrons. The van der Waals surface area contributed by atoms with Crippen molar-refractivity contribution >= 4 is 61.5 Å². The van der Waals surface area contributed by atoms with E-state index in [-0.39, 0.29) is 5.75 Å². The van der Waals surface area contributed by atoms with Crippen LogP contribution in [-0.2, 0) is 9.59 Å². The fraction of sp³-hybridized carbons (Fsp3) is 0.0833. The summed E-state index contributed by atoms with van der Waals surface area (Å²) in [4.78, 5) is 36.6. The van der Waals surface area contributed by atoms with Crippen LogP contribution in [0.25, 0.3) is 0 Å². The fourth-order valence-corrected chi connectivity index (χ4v) is 3.30. The Balaban J connectivity index is 1.64. The zero-order valence-corrected chi connectivity index (χ0v) is 21.1. The molecule has 0 aliphatic carbocycles. The lowest BCUT2D eigenvalue weighted by Crippen LogP contribution is -2.32. The molecular weight excluding hydrogens is 570 g/mol. The van der Waals surface area contributed by atoms with E-state index in [2.05, 4.69) is 47.7 Å². The molecule has 0 saturated heterocycles. The Morgan fingerprint density at radius 1 is 0.912 bits per heavy atom. The average Bonchev–Trinajstić information content (AvgIpc) is 2.82. The quantitative estimate of drug-likeness (QED) is 0.134. The number of rotatable bonds is 7. The number of nitrogens with zero attached hydrogens (tertiary/aromatic N) is 1. The van der Waals surface area contributed by atoms with E-state index in [0.29, 0.717) is 33.6 Å². The molecule has 0 bridgehead atoms. The van der Waals surface area contributed by atoms with E-state index in [1.165, 1.54) is 6.21 Å². The molecule has 0 heterocycles. The van der Waals surface area contributed by atoms with Gasteiger partial charge in [-0.3, -0.25) is 9.59 Å². The van der Waals surface area contributed by atoms with Gasteiger partial charge in [0, 0.05) is 20.2 Å². The van der Waals surface area contributed by atoms with Crippen LogP contribution in [0.3, 0.4) is 0 Å². The molecule has 34 heavy (non-hydrogen) atoms. The zero-order valence-electron chi connectivity index (χ0n) is 17.9. The first-order chi connectivity index (χ1) is 16.4. The van der Waals surface area contributed by atoms with Gasteiger partial charge in [0.25, 0.3) is 0 Å². The van der Waals surface area contributed by atoms with Gasteiger partial charge in [-0.05, 0) is 73.7 Å². The van der Waals surface area contributed by atoms with Gasteiger partial charge in [-0.25, -0.2) is 10.2 Å². The first-order valence-corrected chi connectivity index (χ1v) is 11.6. The van der Waals surface area contributed by atoms with E-state index in [1.54, 1.807) is 66.7 Å². The number of anilines is 1. The number of ether oxygens (including phenoxy) is 2. The SMILES string of the molecule is CCOc1ccc(C(=O)Oc2ccc(Br)cc2/C=N/NC(=O)C(=O)Nc2ccc(Br)cc2)cc1. The molecule has 3 aromatic rings. The molecular formula is C24H19Br2N3O5. The zero-order chi connectivity index (χ0) is 24.5. The van der Waals surface area contributed by atoms with Gasteiger partial charge in [-0.2, -0.15) is 5.10 Å². The summed E-state index contributed by atoms with van der Waals surface area (Å²) in [5.74, 6) is -1.54. The van der Waals surface area contributed by atoms with Crippen LogP contribution in [0, 0.1) is 0 Å². The molecule has 0 aliphatic rings. The highest BCUT2D eigenvalue weighted by Crippen LogP contribution is 2.23. The van der Waals surface area contributed by atoms with Gasteiger partial charge < -0.3 is 14.8 Å². The van der Waals surface area contributed by atoms with E-state index in [4.69, 9.17) is 9.47 Å². The standard InChI is InChI=1S/C24H19Br2N3O5/c1-2-33-20-10-3-15(4-11-20)24(32)34-21-12-7-18(26)13-16(21)14-27-29-23(31)22(30)28-19-8-5-17(25)6-9-19/h3-14H,2H2,1H3,(H,28,30)(H,29,31)/b27-14+. The van der Waals surface area contributed by atoms with Crippen LogP contribution >= 0.6 is 31.9 Å². The summed E-state index contributed by atoms with van der Waals surface area (Å²) in [7, 11) is 0. The minimum Gasteiger partial charge on any atom is -0.494 e. The van der Waals surface area contributed by atoms with Crippen LogP contribution in [0.2, 0.25) is 0 Å². The molecule has 0 fully saturated rings. The summed E-state index contributed by atoms with van der Waals surface area (Å²) in [5, 5.41) is 6.27. The number of hydrazone groups is 1. The van der Waals surface area contributed by atoms with Crippen LogP contribution in [0.1, 0.15) is 22.8 Å². The number of carbonyl (C=O) groups excluding carboxylic acids is 3. The predicted octanol–water partition coefficient (Wildman–Crippen LogP) is 4.92. The molecule has 0 saturated carbocycles. The second-order valence-corrected chi connectivity index (χ2v) is 8.52. The van der Waals surface area contributed by atoms with Gasteiger partial charge >= 0.3 is 17.8 Å². The van der Waals surface area contributed by atoms with Gasteiger partial charge in [0.15, 0.2) is 0 Å². The Morgan fingerprint density at radius 2 is 1.59 bits per heavy atom. The van der Waals surface area contributed by atoms with Crippen LogP contribution in [-0.4, -0.2) is 30.6 Å². The molecule has 174 valence electrons. The van der Waals surface area contributed by atoms with Crippen molar-refractivity contribution in [3.63, 3.8) is 0 Å². The third-order valence-corrected chi connectivity index (χ3v) is 5.28. The Hall–Kier alpha value is -3.50. The van der Waals surface area contributed by atoms with Crippen molar-refractivity contribution in [3.8, 4) is 11.5 Å². The second kappa shape index (κ2) is 12.1. The maximum atomic E-state index is 12.5. The van der Waals surface area contributed by atoms with Gasteiger partial charge in [0.05, 0.1) is 18.4 Å². The highest BCUT2D eigenvalue weighted by atomic mass is 79.9. The number of nitrogens with one attached hydrogen (secondary N) is 2. The highest BCUT2D eigenvalue weighted by Gasteiger charge is 2.14. The number of benzene rings is 3. The first kappa shape index (κ1) is 25.1. The van der Waals surface area contributed by atoms with Crippen molar-refractivity contribution in [2.24, 2.45) is 5.10 Å². The number of halogens is 2. The van der Waals surface area contributed by atoms with Crippen molar-refractivity contribution in [1.82, 2.24) is 5.43 Å². The molecule has 0 aliphatic heterocycles. The summed E-state index contributed by atoms with van der Waals surface area (Å²) >= 11 is 6.64. The van der Waals surface area contributed by atoms with Crippen LogP contribution in [0.15, 0.2) is 80.8 Å². The van der Waals surface area contributed by atoms with Crippen molar-refractivity contribution in [3.05, 3.63) is 86.8 Å². The number of esters is 1. The van der Waals surface area contributed by atoms with Crippen LogP contribution < -0.4 is 20.2 Å². The number of carbonyl (C=O) groups is 3. The lowest BCUT2D eigenvalue weighted by Gasteiger charge is -2.09. The van der Waals surface area contributed by atoms with Gasteiger partial charge in [0.1, 0.15) is 11.5 Å². The topological polar surface area (TPSA) is 106 Å². The minimum atomic E-state index is -0.956. The molecule has 8 nitrogen and oxygen atoms in total. The van der Waals surface area contributed by atoms with E-state index in [1.807, 2.05) is 6.92 Å². The predicted molar refractivity (Wildman–Crippen MR) is 135 cm³/mol. The molecule has 0 aromatic heterocycles. The Morgan fingerprint density at radius 3 is 2.26 bits per heavy atom. The van der Waals surface area contributed by atoms with Crippen LogP contribution in [0.4, 0.5) is 5.69 Å². The number of amides is 2. The van der Waals surface area contributed by atoms with Crippen molar-refractivity contribution in [2.75, 3.05) is 11.9 Å². The van der Waals surface area contributed by atoms with E-state index in [9.17, 15) is 14.4 Å². The molecule has 3 aromatic carbocycles. The second-order valence-electron chi connectivity index (χ2n) is 6.69. The molecule has 0 unspecified atom stereocenters. The van der Waals surface area contributed by atoms with E-state index >= 15 is 0 Å². The van der Waals surface area contributed by atoms with Gasteiger partial charge in [-0.1, -0.05) is 31.9 Å². The van der Waals surface area contributed by atoms with E-state index < -0.39 is 17.8 Å². The Bertz CT molecular complexity index is 1210. The summed E-state index contributed by atoms with van der Waals surface area (Å²) < 4.78 is 12.4. The van der Waals surface area contributed by atoms with Gasteiger partial charge in [0.2, 0.25) is 0 Å². The lowest BCUT2D eigenvalue weighted by atomic mass is 10.2. The van der Waals surface area contributed by atoms with Gasteiger partial charge in [-0.15, -0.1) is 0 Å². The van der Waals surface area contributed by atoms with E-state index in [0.717, 1.165) is 4.47 Å². The molecule has 3 rings (SSSR count). The summed E-state index contributed by atoms with van der Waals surface area (Å²) in [6.07, 6.45) is 1.27. The highest BCUT2D eigenvalue weighted by molar-refractivity contribution is 9.10. The first-order valence-electron chi connectivity index (χ1n) is 10.00. The number of hydrogen-bond acceptors (Lipinski definition) is 6. The van der Waals surface area contributed by atoms with Crippen molar-refractivity contribution in [1.29, 1.82) is 0 Å². The number of hydrogen-bond donors (Lipinski definition) is 2. The normalized spacial score (nSPS) is 10.6. The molecule has 0 atom stereocenters. The summed E-state index contributed by atoms with van der Waals surface area (Å²) in [6.45, 7) is 2.39. The molecule has 0 spiro atoms. The van der Waals surface area contributed by atoms with Crippen molar-refractivity contribution < 1.29 is 23.9 Å². The maximum Gasteiger partial charge on any atom is 0.343 e. The average molecular weight is 589 g/mol. The fourth-order valence-electron chi connectivity index (χ4n) is 2.66. The largest absolute Gasteiger partial charge is 0.494 e. The summed E-state index contributed by atoms with van der Waals surface area (Å²) in [6, 6.07) is 18.2. The third kappa shape index (κ3) is 7.26. The van der Waals surface area contributed by atoms with Crippen molar-refractivity contribution in [2.45, 2.75) is 6.92 Å². The smallest absolute Gasteiger partial charge is 0.343 e. The van der Waals surface area contributed by atoms with Crippen LogP contribution in [0.5, 0.6) is 11.5 Å². The Labute approximate surface area is 212 Å². The minimum absolute atomic E-state index is 0.222. The Kier molecular flexibility index (Phi) is 8.94. The monoisotopic (exact) mass is 587 g/mol. The molecule has 2 N–H and O–H groups in total. The third-order valence-electron chi connectivity index (χ3n) is 4.25. The molecule has 10 heteroatoms. The molecule has 2 amide bonds. The lowest BCUT2D eigenvalue weighted by molar-refractivity contribution is -0.136. The summed E-state index contributed by atoms with van der Waals surface area (Å²) in [5.41, 5.74) is 3.36. The maximum absolute atomic E-state index is 12.5.